The highest BCUT2D eigenvalue weighted by atomic mass is 16.3. The van der Waals surface area contributed by atoms with Crippen LogP contribution in [-0.2, 0) is 0 Å². The van der Waals surface area contributed by atoms with Gasteiger partial charge in [-0.2, -0.15) is 0 Å². The van der Waals surface area contributed by atoms with Gasteiger partial charge in [-0.15, -0.1) is 0 Å². The van der Waals surface area contributed by atoms with Crippen LogP contribution in [0.25, 0.3) is 0 Å². The van der Waals surface area contributed by atoms with Crippen molar-refractivity contribution in [2.45, 2.75) is 224 Å². The van der Waals surface area contributed by atoms with Gasteiger partial charge in [-0.05, 0) is 220 Å². The predicted octanol–water partition coefficient (Wildman–Crippen LogP) is 15.8. The summed E-state index contributed by atoms with van der Waals surface area (Å²) >= 11 is 0. The molecule has 2 N–H and O–H groups in total. The first-order chi connectivity index (χ1) is 28.4. The van der Waals surface area contributed by atoms with Crippen LogP contribution in [0.2, 0.25) is 0 Å². The summed E-state index contributed by atoms with van der Waals surface area (Å²) in [6, 6.07) is 0. The molecule has 60 heavy (non-hydrogen) atoms. The zero-order chi connectivity index (χ0) is 43.4. The van der Waals surface area contributed by atoms with Crippen LogP contribution in [0, 0.1) is 105 Å². The minimum Gasteiger partial charge on any atom is -0.393 e. The number of aliphatic hydroxyl groups excluding tert-OH is 2. The largest absolute Gasteiger partial charge is 0.393 e. The molecular formula is C58H98O2. The molecule has 8 aliphatic carbocycles. The second-order valence-electron chi connectivity index (χ2n) is 25.3. The predicted molar refractivity (Wildman–Crippen MR) is 256 cm³/mol. The Morgan fingerprint density at radius 1 is 0.567 bits per heavy atom. The summed E-state index contributed by atoms with van der Waals surface area (Å²) < 4.78 is 0. The number of aliphatic hydroxyl groups is 2. The van der Waals surface area contributed by atoms with Crippen molar-refractivity contribution in [1.82, 2.24) is 0 Å². The van der Waals surface area contributed by atoms with E-state index in [1.54, 1.807) is 11.1 Å². The summed E-state index contributed by atoms with van der Waals surface area (Å²) in [6.45, 7) is 29.9. The van der Waals surface area contributed by atoms with E-state index in [2.05, 4.69) is 107 Å². The van der Waals surface area contributed by atoms with Crippen molar-refractivity contribution in [3.8, 4) is 0 Å². The van der Waals surface area contributed by atoms with Crippen LogP contribution in [0.15, 0.2) is 35.5 Å². The summed E-state index contributed by atoms with van der Waals surface area (Å²) in [6.07, 6.45) is 36.2. The maximum atomic E-state index is 10.2. The Morgan fingerprint density at radius 2 is 1.07 bits per heavy atom. The van der Waals surface area contributed by atoms with Crippen molar-refractivity contribution >= 4 is 0 Å². The molecule has 0 aromatic carbocycles. The maximum absolute atomic E-state index is 10.2. The lowest BCUT2D eigenvalue weighted by Gasteiger charge is -2.58. The molecule has 0 aromatic heterocycles. The molecule has 0 spiro atoms. The molecule has 0 aliphatic heterocycles. The van der Waals surface area contributed by atoms with Crippen LogP contribution < -0.4 is 0 Å². The fourth-order valence-corrected chi connectivity index (χ4v) is 18.1. The van der Waals surface area contributed by atoms with E-state index < -0.39 is 0 Å². The van der Waals surface area contributed by atoms with Crippen molar-refractivity contribution in [3.05, 3.63) is 35.5 Å². The topological polar surface area (TPSA) is 40.5 Å². The van der Waals surface area contributed by atoms with E-state index in [1.807, 2.05) is 0 Å². The van der Waals surface area contributed by atoms with Gasteiger partial charge in [-0.25, -0.2) is 0 Å². The second-order valence-corrected chi connectivity index (χ2v) is 25.3. The normalized spacial score (nSPS) is 45.5. The Bertz CT molecular complexity index is 1530. The van der Waals surface area contributed by atoms with Gasteiger partial charge in [0.1, 0.15) is 0 Å². The van der Waals surface area contributed by atoms with E-state index in [0.29, 0.717) is 27.6 Å². The van der Waals surface area contributed by atoms with Crippen LogP contribution in [0.4, 0.5) is 0 Å². The minimum absolute atomic E-state index is 0.0794. The molecule has 2 nitrogen and oxygen atoms in total. The number of allylic oxidation sites excluding steroid dienone is 4. The summed E-state index contributed by atoms with van der Waals surface area (Å²) in [5, 5.41) is 20.5. The highest BCUT2D eigenvalue weighted by molar-refractivity contribution is 5.27. The Balaban J connectivity index is 0.000000181. The van der Waals surface area contributed by atoms with Gasteiger partial charge in [-0.3, -0.25) is 0 Å². The molecular weight excluding hydrogens is 729 g/mol. The van der Waals surface area contributed by atoms with Gasteiger partial charge in [0.2, 0.25) is 0 Å². The fraction of sp³-hybridized carbons (Fsp3) is 0.897. The maximum Gasteiger partial charge on any atom is 0.0577 e. The smallest absolute Gasteiger partial charge is 0.0577 e. The molecule has 0 radical (unpaired) electrons. The van der Waals surface area contributed by atoms with Gasteiger partial charge < -0.3 is 10.2 Å². The molecule has 18 atom stereocenters. The summed E-state index contributed by atoms with van der Waals surface area (Å²) in [7, 11) is 0. The molecule has 0 unspecified atom stereocenters. The van der Waals surface area contributed by atoms with E-state index in [9.17, 15) is 10.2 Å². The van der Waals surface area contributed by atoms with Crippen molar-refractivity contribution < 1.29 is 10.2 Å². The third-order valence-corrected chi connectivity index (χ3v) is 22.1. The van der Waals surface area contributed by atoms with E-state index >= 15 is 0 Å². The minimum atomic E-state index is -0.0870. The number of fused-ring (bicyclic) bond motifs is 10. The number of hydrogen-bond donors (Lipinski definition) is 2. The molecule has 0 aromatic rings. The number of rotatable bonds is 11. The molecule has 6 saturated carbocycles. The van der Waals surface area contributed by atoms with Crippen LogP contribution >= 0.6 is 0 Å². The molecule has 8 rings (SSSR count). The van der Waals surface area contributed by atoms with Gasteiger partial charge in [0, 0.05) is 0 Å². The Labute approximate surface area is 372 Å². The van der Waals surface area contributed by atoms with Crippen LogP contribution in [0.1, 0.15) is 212 Å². The van der Waals surface area contributed by atoms with E-state index in [0.717, 1.165) is 103 Å². The van der Waals surface area contributed by atoms with E-state index in [4.69, 9.17) is 0 Å². The van der Waals surface area contributed by atoms with Crippen LogP contribution in [-0.4, -0.2) is 22.4 Å². The van der Waals surface area contributed by atoms with Gasteiger partial charge in [-0.1, -0.05) is 131 Å². The third-order valence-electron chi connectivity index (χ3n) is 22.1. The lowest BCUT2D eigenvalue weighted by Crippen LogP contribution is -2.50. The van der Waals surface area contributed by atoms with E-state index in [1.165, 1.54) is 103 Å². The highest BCUT2D eigenvalue weighted by Crippen LogP contribution is 2.69. The van der Waals surface area contributed by atoms with Crippen molar-refractivity contribution in [3.63, 3.8) is 0 Å². The zero-order valence-corrected chi connectivity index (χ0v) is 41.6. The zero-order valence-electron chi connectivity index (χ0n) is 41.6. The molecule has 6 fully saturated rings. The first-order valence-electron chi connectivity index (χ1n) is 26.8. The first kappa shape index (κ1) is 47.1. The molecule has 0 bridgehead atoms. The van der Waals surface area contributed by atoms with Gasteiger partial charge in [0.05, 0.1) is 12.2 Å². The second kappa shape index (κ2) is 18.6. The number of hydrogen-bond acceptors (Lipinski definition) is 2. The fourth-order valence-electron chi connectivity index (χ4n) is 18.1. The Kier molecular flexibility index (Phi) is 14.6. The van der Waals surface area contributed by atoms with Crippen molar-refractivity contribution in [1.29, 1.82) is 0 Å². The highest BCUT2D eigenvalue weighted by Gasteiger charge is 2.60. The Hall–Kier alpha value is -0.860. The SMILES string of the molecule is CC[C@@H](/C=C/[C@@H](C)[C@H]1CC[C@H]2[C@@H]3CC=C4C[C@@H](O)CC[C@]4(C)[C@H]3CC[C@]12C)C(C)C.CC[C@@H](CC[C@@H](C)[C@H]1CC[C@H]2[C@@H]3CC=C4C[C@@H](O)CC[C@]4(C)[C@H]3CC[C@]12C)C(C)C. The summed E-state index contributed by atoms with van der Waals surface area (Å²) in [4.78, 5) is 0. The molecule has 2 heteroatoms. The quantitative estimate of drug-likeness (QED) is 0.204. The van der Waals surface area contributed by atoms with Gasteiger partial charge in [0.25, 0.3) is 0 Å². The third kappa shape index (κ3) is 8.55. The summed E-state index contributed by atoms with van der Waals surface area (Å²) in [5.74, 6) is 12.0. The molecule has 8 aliphatic rings. The lowest BCUT2D eigenvalue weighted by molar-refractivity contribution is -0.0575. The monoisotopic (exact) mass is 827 g/mol. The molecule has 342 valence electrons. The van der Waals surface area contributed by atoms with E-state index in [-0.39, 0.29) is 12.2 Å². The Morgan fingerprint density at radius 3 is 1.53 bits per heavy atom. The average molecular weight is 827 g/mol. The van der Waals surface area contributed by atoms with Gasteiger partial charge in [0.15, 0.2) is 0 Å². The standard InChI is InChI=1S/C29H50O.C29H48O/c2*1-7-21(19(2)3)9-8-20(4)25-12-13-26-24-11-10-22-18-23(30)14-16-28(22,5)27(24)15-17-29(25,26)6/h10,19-21,23-27,30H,7-9,11-18H2,1-6H3;8-10,19-21,23-27,30H,7,11-18H2,1-6H3/b;9-8+/t2*20-,21+,23+,24+,25-,26+,27+,28+,29-/m11/s1. The first-order valence-corrected chi connectivity index (χ1v) is 26.8. The van der Waals surface area contributed by atoms with Crippen LogP contribution in [0.3, 0.4) is 0 Å². The molecule has 0 heterocycles. The van der Waals surface area contributed by atoms with Crippen LogP contribution in [0.5, 0.6) is 0 Å². The lowest BCUT2D eigenvalue weighted by atomic mass is 9.47. The van der Waals surface area contributed by atoms with Crippen molar-refractivity contribution in [2.24, 2.45) is 105 Å². The van der Waals surface area contributed by atoms with Gasteiger partial charge >= 0.3 is 0 Å². The van der Waals surface area contributed by atoms with Crippen molar-refractivity contribution in [2.75, 3.05) is 0 Å². The molecule has 0 amide bonds. The average Bonchev–Trinajstić information content (AvgIpc) is 3.75. The molecule has 0 saturated heterocycles. The summed E-state index contributed by atoms with van der Waals surface area (Å²) in [5.41, 5.74) is 5.10.